The maximum absolute atomic E-state index is 14.8. The SMILES string of the molecule is CS(=O)(=O)Oc1ccc(C2(c3ccc(F)c(-c4cccc(C#N)c4)c3)N=C(N)NC2=O)cc1. The van der Waals surface area contributed by atoms with Crippen LogP contribution in [0.3, 0.4) is 0 Å². The molecule has 1 aliphatic rings. The van der Waals surface area contributed by atoms with Gasteiger partial charge in [0.2, 0.25) is 0 Å². The van der Waals surface area contributed by atoms with Gasteiger partial charge in [0.05, 0.1) is 17.9 Å². The first-order valence-electron chi connectivity index (χ1n) is 9.60. The second kappa shape index (κ2) is 8.03. The molecule has 10 heteroatoms. The number of guanidine groups is 1. The van der Waals surface area contributed by atoms with E-state index >= 15 is 0 Å². The summed E-state index contributed by atoms with van der Waals surface area (Å²) in [6, 6.07) is 18.3. The number of amides is 1. The molecule has 8 nitrogen and oxygen atoms in total. The van der Waals surface area contributed by atoms with E-state index in [4.69, 9.17) is 9.92 Å². The zero-order valence-electron chi connectivity index (χ0n) is 17.2. The van der Waals surface area contributed by atoms with Crippen molar-refractivity contribution in [2.45, 2.75) is 5.54 Å². The van der Waals surface area contributed by atoms with E-state index in [1.165, 1.54) is 42.5 Å². The maximum Gasteiger partial charge on any atom is 0.306 e. The summed E-state index contributed by atoms with van der Waals surface area (Å²) in [4.78, 5) is 17.4. The Bertz CT molecular complexity index is 1450. The minimum absolute atomic E-state index is 0.0554. The lowest BCUT2D eigenvalue weighted by Gasteiger charge is -2.25. The van der Waals surface area contributed by atoms with Gasteiger partial charge in [0.15, 0.2) is 11.5 Å². The third kappa shape index (κ3) is 4.14. The number of nitrogens with zero attached hydrogens (tertiary/aromatic N) is 2. The van der Waals surface area contributed by atoms with Gasteiger partial charge in [0, 0.05) is 5.56 Å². The average molecular weight is 464 g/mol. The lowest BCUT2D eigenvalue weighted by atomic mass is 9.81. The van der Waals surface area contributed by atoms with Crippen LogP contribution >= 0.6 is 0 Å². The normalized spacial score (nSPS) is 17.7. The van der Waals surface area contributed by atoms with E-state index in [0.717, 1.165) is 6.26 Å². The molecule has 0 bridgehead atoms. The van der Waals surface area contributed by atoms with Gasteiger partial charge in [0.1, 0.15) is 11.6 Å². The van der Waals surface area contributed by atoms with Crippen LogP contribution in [0.5, 0.6) is 5.75 Å². The number of nitriles is 1. The van der Waals surface area contributed by atoms with Crippen molar-refractivity contribution in [2.75, 3.05) is 6.26 Å². The van der Waals surface area contributed by atoms with Crippen molar-refractivity contribution >= 4 is 22.0 Å². The first-order valence-corrected chi connectivity index (χ1v) is 11.4. The number of carbonyl (C=O) groups excluding carboxylic acids is 1. The minimum atomic E-state index is -3.73. The van der Waals surface area contributed by atoms with Gasteiger partial charge in [-0.15, -0.1) is 0 Å². The van der Waals surface area contributed by atoms with Crippen LogP contribution in [0.15, 0.2) is 71.7 Å². The highest BCUT2D eigenvalue weighted by Crippen LogP contribution is 2.39. The maximum atomic E-state index is 14.8. The second-order valence-electron chi connectivity index (χ2n) is 7.36. The number of nitrogens with one attached hydrogen (secondary N) is 1. The number of rotatable bonds is 5. The van der Waals surface area contributed by atoms with E-state index in [1.807, 2.05) is 6.07 Å². The lowest BCUT2D eigenvalue weighted by molar-refractivity contribution is -0.122. The predicted molar refractivity (Wildman–Crippen MR) is 119 cm³/mol. The van der Waals surface area contributed by atoms with Crippen LogP contribution in [0.4, 0.5) is 4.39 Å². The van der Waals surface area contributed by atoms with Crippen LogP contribution in [0, 0.1) is 17.1 Å². The molecule has 33 heavy (non-hydrogen) atoms. The van der Waals surface area contributed by atoms with Crippen LogP contribution in [-0.2, 0) is 20.5 Å². The van der Waals surface area contributed by atoms with Gasteiger partial charge < -0.3 is 9.92 Å². The molecule has 0 fully saturated rings. The average Bonchev–Trinajstić information content (AvgIpc) is 3.08. The van der Waals surface area contributed by atoms with Crippen LogP contribution < -0.4 is 15.2 Å². The molecule has 3 N–H and O–H groups in total. The van der Waals surface area contributed by atoms with E-state index in [9.17, 15) is 22.9 Å². The molecule has 1 unspecified atom stereocenters. The number of hydrogen-bond acceptors (Lipinski definition) is 7. The van der Waals surface area contributed by atoms with Crippen LogP contribution in [0.1, 0.15) is 16.7 Å². The topological polar surface area (TPSA) is 135 Å². The quantitative estimate of drug-likeness (QED) is 0.557. The molecule has 3 aromatic carbocycles. The van der Waals surface area contributed by atoms with Crippen LogP contribution in [0.25, 0.3) is 11.1 Å². The molecule has 4 rings (SSSR count). The first-order chi connectivity index (χ1) is 15.6. The molecule has 166 valence electrons. The fraction of sp³-hybridized carbons (Fsp3) is 0.0870. The third-order valence-electron chi connectivity index (χ3n) is 5.06. The Labute approximate surface area is 189 Å². The Balaban J connectivity index is 1.87. The number of benzene rings is 3. The van der Waals surface area contributed by atoms with E-state index in [1.54, 1.807) is 24.3 Å². The Kier molecular flexibility index (Phi) is 5.35. The molecule has 0 saturated heterocycles. The van der Waals surface area contributed by atoms with Crippen molar-refractivity contribution in [2.24, 2.45) is 10.7 Å². The van der Waals surface area contributed by atoms with Gasteiger partial charge in [-0.25, -0.2) is 9.38 Å². The van der Waals surface area contributed by atoms with Crippen molar-refractivity contribution in [3.8, 4) is 22.9 Å². The second-order valence-corrected chi connectivity index (χ2v) is 8.94. The van der Waals surface area contributed by atoms with Crippen molar-refractivity contribution in [3.63, 3.8) is 0 Å². The van der Waals surface area contributed by atoms with Gasteiger partial charge in [-0.3, -0.25) is 10.1 Å². The summed E-state index contributed by atoms with van der Waals surface area (Å²) in [5.41, 5.74) is 5.85. The van der Waals surface area contributed by atoms with Gasteiger partial charge in [0.25, 0.3) is 5.91 Å². The number of carbonyl (C=O) groups is 1. The van der Waals surface area contributed by atoms with Crippen molar-refractivity contribution in [3.05, 3.63) is 89.2 Å². The smallest absolute Gasteiger partial charge is 0.306 e. The lowest BCUT2D eigenvalue weighted by Crippen LogP contribution is -2.39. The molecule has 1 aliphatic heterocycles. The Morgan fingerprint density at radius 1 is 1.09 bits per heavy atom. The molecular formula is C23H17FN4O4S. The van der Waals surface area contributed by atoms with E-state index in [0.29, 0.717) is 22.3 Å². The zero-order chi connectivity index (χ0) is 23.8. The van der Waals surface area contributed by atoms with E-state index < -0.39 is 27.4 Å². The number of halogens is 1. The highest BCUT2D eigenvalue weighted by atomic mass is 32.2. The molecule has 3 aromatic rings. The minimum Gasteiger partial charge on any atom is -0.383 e. The fourth-order valence-electron chi connectivity index (χ4n) is 3.68. The van der Waals surface area contributed by atoms with Gasteiger partial charge in [-0.2, -0.15) is 13.7 Å². The number of nitrogens with two attached hydrogens (primary N) is 1. The summed E-state index contributed by atoms with van der Waals surface area (Å²) >= 11 is 0. The molecule has 1 heterocycles. The standard InChI is InChI=1S/C23H17FN4O4S/c1-33(30,31)32-18-8-5-16(6-9-18)23(21(29)27-22(26)28-23)17-7-10-20(24)19(12-17)15-4-2-3-14(11-15)13-25/h2-12H,1H3,(H3,26,27,28,29). The summed E-state index contributed by atoms with van der Waals surface area (Å²) in [6.07, 6.45) is 0.916. The Morgan fingerprint density at radius 2 is 1.79 bits per heavy atom. The van der Waals surface area contributed by atoms with Gasteiger partial charge in [-0.05, 0) is 53.1 Å². The first kappa shape index (κ1) is 22.0. The van der Waals surface area contributed by atoms with E-state index in [2.05, 4.69) is 10.3 Å². The molecule has 1 amide bonds. The molecule has 0 aliphatic carbocycles. The summed E-state index contributed by atoms with van der Waals surface area (Å²) in [5, 5.41) is 11.7. The molecule has 0 saturated carbocycles. The zero-order valence-corrected chi connectivity index (χ0v) is 18.1. The summed E-state index contributed by atoms with van der Waals surface area (Å²) in [7, 11) is -3.73. The highest BCUT2D eigenvalue weighted by molar-refractivity contribution is 7.86. The van der Waals surface area contributed by atoms with Crippen molar-refractivity contribution in [1.82, 2.24) is 5.32 Å². The predicted octanol–water partition coefficient (Wildman–Crippen LogP) is 2.39. The fourth-order valence-corrected chi connectivity index (χ4v) is 4.14. The monoisotopic (exact) mass is 464 g/mol. The van der Waals surface area contributed by atoms with Crippen LogP contribution in [-0.4, -0.2) is 26.5 Å². The number of aliphatic imine (C=N–C) groups is 1. The van der Waals surface area contributed by atoms with E-state index in [-0.39, 0.29) is 17.3 Å². The molecule has 0 aromatic heterocycles. The summed E-state index contributed by atoms with van der Waals surface area (Å²) in [6.45, 7) is 0. The van der Waals surface area contributed by atoms with Gasteiger partial charge in [-0.1, -0.05) is 30.3 Å². The van der Waals surface area contributed by atoms with Crippen molar-refractivity contribution < 1.29 is 21.8 Å². The van der Waals surface area contributed by atoms with Gasteiger partial charge >= 0.3 is 10.1 Å². The summed E-state index contributed by atoms with van der Waals surface area (Å²) < 4.78 is 42.4. The van der Waals surface area contributed by atoms with Crippen LogP contribution in [0.2, 0.25) is 0 Å². The molecular weight excluding hydrogens is 447 g/mol. The van der Waals surface area contributed by atoms with Crippen molar-refractivity contribution in [1.29, 1.82) is 5.26 Å². The Morgan fingerprint density at radius 3 is 2.39 bits per heavy atom. The molecule has 0 spiro atoms. The highest BCUT2D eigenvalue weighted by Gasteiger charge is 2.47. The number of hydrogen-bond donors (Lipinski definition) is 2. The molecule has 0 radical (unpaired) electrons. The summed E-state index contributed by atoms with van der Waals surface area (Å²) in [5.74, 6) is -1.16. The largest absolute Gasteiger partial charge is 0.383 e. The molecule has 1 atom stereocenters. The third-order valence-corrected chi connectivity index (χ3v) is 5.56. The Hall–Kier alpha value is -4.23.